The molecule has 3 atom stereocenters. The maximum absolute atomic E-state index is 13.3. The Bertz CT molecular complexity index is 1590. The minimum Gasteiger partial charge on any atom is -0.477 e. The lowest BCUT2D eigenvalue weighted by atomic mass is 10.0. The molecule has 2 unspecified atom stereocenters. The van der Waals surface area contributed by atoms with Gasteiger partial charge in [-0.25, -0.2) is 23.7 Å². The average molecular weight is 557 g/mol. The fourth-order valence-corrected chi connectivity index (χ4v) is 5.68. The van der Waals surface area contributed by atoms with E-state index >= 15 is 0 Å². The average Bonchev–Trinajstić information content (AvgIpc) is 3.55. The van der Waals surface area contributed by atoms with Crippen molar-refractivity contribution in [1.82, 2.24) is 25.1 Å². The summed E-state index contributed by atoms with van der Waals surface area (Å²) in [5, 5.41) is 13.9. The fourth-order valence-electron chi connectivity index (χ4n) is 4.36. The SMILES string of the molecule is NC(=O)OCC1=C(C(=O)O)N2C(=O)C(NC(=O)C(NC(=O)n3c(=O)[nH]c4ccccc43)c3ccco3)[C@H]2SC1. The Morgan fingerprint density at radius 3 is 2.67 bits per heavy atom. The maximum atomic E-state index is 13.3. The molecule has 5 rings (SSSR count). The zero-order valence-corrected chi connectivity index (χ0v) is 20.6. The second kappa shape index (κ2) is 10.1. The fraction of sp³-hybridized carbons (Fsp3) is 0.217. The third kappa shape index (κ3) is 4.61. The van der Waals surface area contributed by atoms with E-state index in [0.29, 0.717) is 5.52 Å². The first-order valence-corrected chi connectivity index (χ1v) is 12.4. The van der Waals surface area contributed by atoms with E-state index in [4.69, 9.17) is 14.9 Å². The molecule has 0 radical (unpaired) electrons. The van der Waals surface area contributed by atoms with Crippen LogP contribution in [0.3, 0.4) is 0 Å². The number of β-lactam (4-membered cyclic amide) rings is 1. The van der Waals surface area contributed by atoms with Crippen LogP contribution in [0, 0.1) is 0 Å². The highest BCUT2D eigenvalue weighted by atomic mass is 32.2. The lowest BCUT2D eigenvalue weighted by Gasteiger charge is -2.49. The molecule has 4 heterocycles. The molecule has 0 saturated carbocycles. The van der Waals surface area contributed by atoms with Crippen LogP contribution < -0.4 is 22.1 Å². The molecule has 39 heavy (non-hydrogen) atoms. The standard InChI is InChI=1S/C23H20N6O9S/c24-21(34)38-8-10-9-39-19-15(18(31)29(19)16(10)20(32)33)26-17(30)14(13-6-3-7-37-13)27-23(36)28-12-5-2-1-4-11(12)25-22(28)35/h1-7,14-15,19H,8-9H2,(H2,24,34)(H,25,35)(H,26,30)(H,27,36)(H,32,33)/t14?,15?,19-/m1/s1. The van der Waals surface area contributed by atoms with Gasteiger partial charge in [0.15, 0.2) is 6.04 Å². The number of aromatic amines is 1. The van der Waals surface area contributed by atoms with Crippen molar-refractivity contribution in [3.63, 3.8) is 0 Å². The molecule has 3 aromatic rings. The van der Waals surface area contributed by atoms with Crippen LogP contribution >= 0.6 is 11.8 Å². The number of ether oxygens (including phenoxy) is 1. The highest BCUT2D eigenvalue weighted by molar-refractivity contribution is 8.00. The van der Waals surface area contributed by atoms with Crippen LogP contribution in [0.2, 0.25) is 0 Å². The zero-order valence-electron chi connectivity index (χ0n) is 19.8. The molecule has 6 N–H and O–H groups in total. The molecule has 0 bridgehead atoms. The number of primary amides is 1. The first kappa shape index (κ1) is 25.7. The molecule has 2 aliphatic heterocycles. The Hall–Kier alpha value is -4.99. The lowest BCUT2D eigenvalue weighted by molar-refractivity contribution is -0.151. The highest BCUT2D eigenvalue weighted by Crippen LogP contribution is 2.40. The van der Waals surface area contributed by atoms with Crippen molar-refractivity contribution in [3.05, 3.63) is 70.2 Å². The second-order valence-electron chi connectivity index (χ2n) is 8.44. The van der Waals surface area contributed by atoms with Crippen LogP contribution in [-0.4, -0.2) is 73.2 Å². The number of furan rings is 1. The number of thioether (sulfide) groups is 1. The summed E-state index contributed by atoms with van der Waals surface area (Å²) in [5.41, 5.74) is 4.74. The molecule has 15 nitrogen and oxygen atoms in total. The Morgan fingerprint density at radius 2 is 1.97 bits per heavy atom. The van der Waals surface area contributed by atoms with Gasteiger partial charge in [0.1, 0.15) is 29.5 Å². The van der Waals surface area contributed by atoms with Crippen LogP contribution in [-0.2, 0) is 19.1 Å². The number of carboxylic acid groups (broad SMARTS) is 1. The first-order chi connectivity index (χ1) is 18.7. The van der Waals surface area contributed by atoms with Crippen molar-refractivity contribution in [2.75, 3.05) is 12.4 Å². The molecule has 0 spiro atoms. The van der Waals surface area contributed by atoms with Crippen LogP contribution in [0.15, 0.2) is 63.1 Å². The number of benzene rings is 1. The van der Waals surface area contributed by atoms with Crippen molar-refractivity contribution in [1.29, 1.82) is 0 Å². The number of amides is 4. The summed E-state index contributed by atoms with van der Waals surface area (Å²) in [4.78, 5) is 78.2. The number of fused-ring (bicyclic) bond motifs is 2. The third-order valence-electron chi connectivity index (χ3n) is 6.09. The Kier molecular flexibility index (Phi) is 6.61. The maximum Gasteiger partial charge on any atom is 0.404 e. The number of hydrogen-bond acceptors (Lipinski definition) is 9. The van der Waals surface area contributed by atoms with Gasteiger partial charge in [-0.2, -0.15) is 0 Å². The summed E-state index contributed by atoms with van der Waals surface area (Å²) in [6, 6.07) is 5.93. The summed E-state index contributed by atoms with van der Waals surface area (Å²) < 4.78 is 10.8. The number of nitrogens with two attached hydrogens (primary N) is 1. The van der Waals surface area contributed by atoms with Gasteiger partial charge in [-0.3, -0.25) is 14.5 Å². The van der Waals surface area contributed by atoms with E-state index in [2.05, 4.69) is 15.6 Å². The van der Waals surface area contributed by atoms with E-state index in [1.54, 1.807) is 24.3 Å². The number of rotatable bonds is 7. The molecule has 2 aromatic heterocycles. The highest BCUT2D eigenvalue weighted by Gasteiger charge is 2.54. The molecular formula is C23H20N6O9S. The van der Waals surface area contributed by atoms with Gasteiger partial charge in [-0.15, -0.1) is 11.8 Å². The largest absolute Gasteiger partial charge is 0.477 e. The number of H-pyrrole nitrogens is 1. The van der Waals surface area contributed by atoms with Crippen molar-refractivity contribution in [3.8, 4) is 0 Å². The van der Waals surface area contributed by atoms with Crippen LogP contribution in [0.4, 0.5) is 9.59 Å². The predicted molar refractivity (Wildman–Crippen MR) is 133 cm³/mol. The second-order valence-corrected chi connectivity index (χ2v) is 9.55. The van der Waals surface area contributed by atoms with Crippen LogP contribution in [0.1, 0.15) is 11.8 Å². The number of hydrogen-bond donors (Lipinski definition) is 5. The monoisotopic (exact) mass is 556 g/mol. The topological polar surface area (TPSA) is 219 Å². The van der Waals surface area contributed by atoms with E-state index in [-0.39, 0.29) is 28.3 Å². The summed E-state index contributed by atoms with van der Waals surface area (Å²) in [5.74, 6) is -2.82. The van der Waals surface area contributed by atoms with Gasteiger partial charge in [0, 0.05) is 11.3 Å². The van der Waals surface area contributed by atoms with Crippen LogP contribution in [0.25, 0.3) is 11.0 Å². The van der Waals surface area contributed by atoms with E-state index in [9.17, 15) is 33.9 Å². The van der Waals surface area contributed by atoms with Gasteiger partial charge in [0.2, 0.25) is 0 Å². The molecule has 202 valence electrons. The van der Waals surface area contributed by atoms with Gasteiger partial charge in [-0.1, -0.05) is 12.1 Å². The number of aromatic nitrogens is 2. The summed E-state index contributed by atoms with van der Waals surface area (Å²) in [6.07, 6.45) is 0.187. The molecule has 1 fully saturated rings. The molecule has 16 heteroatoms. The Labute approximate surface area is 221 Å². The van der Waals surface area contributed by atoms with Crippen molar-refractivity contribution < 1.29 is 38.2 Å². The smallest absolute Gasteiger partial charge is 0.404 e. The number of carbonyl (C=O) groups is 5. The zero-order chi connectivity index (χ0) is 27.8. The summed E-state index contributed by atoms with van der Waals surface area (Å²) in [6.45, 7) is -0.405. The number of carboxylic acids is 1. The Balaban J connectivity index is 1.36. The van der Waals surface area contributed by atoms with Crippen molar-refractivity contribution >= 4 is 52.7 Å². The molecule has 1 aromatic carbocycles. The van der Waals surface area contributed by atoms with Crippen molar-refractivity contribution in [2.24, 2.45) is 5.73 Å². The molecule has 4 amide bonds. The lowest BCUT2D eigenvalue weighted by Crippen LogP contribution is -2.71. The number of nitrogens with one attached hydrogen (secondary N) is 3. The number of carbonyl (C=O) groups excluding carboxylic acids is 4. The summed E-state index contributed by atoms with van der Waals surface area (Å²) in [7, 11) is 0. The van der Waals surface area contributed by atoms with Gasteiger partial charge >= 0.3 is 23.8 Å². The Morgan fingerprint density at radius 1 is 1.21 bits per heavy atom. The van der Waals surface area contributed by atoms with Crippen molar-refractivity contribution in [2.45, 2.75) is 17.5 Å². The number of para-hydroxylation sites is 2. The van der Waals surface area contributed by atoms with Crippen LogP contribution in [0.5, 0.6) is 0 Å². The normalized spacial score (nSPS) is 19.2. The van der Waals surface area contributed by atoms with E-state index in [1.807, 2.05) is 0 Å². The van der Waals surface area contributed by atoms with Gasteiger partial charge in [0.05, 0.1) is 17.3 Å². The molecule has 2 aliphatic rings. The molecule has 1 saturated heterocycles. The number of aliphatic carboxylic acids is 1. The minimum absolute atomic E-state index is 0.0330. The minimum atomic E-state index is -1.43. The molecular weight excluding hydrogens is 536 g/mol. The number of nitrogens with zero attached hydrogens (tertiary/aromatic N) is 2. The van der Waals surface area contributed by atoms with E-state index < -0.39 is 59.7 Å². The van der Waals surface area contributed by atoms with Gasteiger partial charge < -0.3 is 35.6 Å². The van der Waals surface area contributed by atoms with Gasteiger partial charge in [0.25, 0.3) is 11.8 Å². The summed E-state index contributed by atoms with van der Waals surface area (Å²) >= 11 is 1.15. The van der Waals surface area contributed by atoms with Gasteiger partial charge in [-0.05, 0) is 24.3 Å². The van der Waals surface area contributed by atoms with E-state index in [0.717, 1.165) is 21.2 Å². The quantitative estimate of drug-likeness (QED) is 0.246. The first-order valence-electron chi connectivity index (χ1n) is 11.3. The molecule has 0 aliphatic carbocycles. The third-order valence-corrected chi connectivity index (χ3v) is 7.43. The number of imidazole rings is 1. The predicted octanol–water partition coefficient (Wildman–Crippen LogP) is 0.0555. The van der Waals surface area contributed by atoms with E-state index in [1.165, 1.54) is 18.4 Å².